The quantitative estimate of drug-likeness (QED) is 0.811. The van der Waals surface area contributed by atoms with E-state index in [1.807, 2.05) is 6.08 Å². The van der Waals surface area contributed by atoms with E-state index >= 15 is 0 Å². The van der Waals surface area contributed by atoms with Crippen LogP contribution >= 0.6 is 0 Å². The third-order valence-corrected chi connectivity index (χ3v) is 4.10. The van der Waals surface area contributed by atoms with Crippen molar-refractivity contribution in [1.29, 1.82) is 0 Å². The molecule has 0 fully saturated rings. The van der Waals surface area contributed by atoms with Gasteiger partial charge in [0.05, 0.1) is 17.4 Å². The maximum atomic E-state index is 3.89. The third kappa shape index (κ3) is 1.53. The van der Waals surface area contributed by atoms with E-state index in [0.29, 0.717) is 0 Å². The van der Waals surface area contributed by atoms with Gasteiger partial charge in [-0.25, -0.2) is 0 Å². The van der Waals surface area contributed by atoms with E-state index < -0.39 is 0 Å². The second-order valence-corrected chi connectivity index (χ2v) is 5.26. The minimum atomic E-state index is 0.236. The summed E-state index contributed by atoms with van der Waals surface area (Å²) in [7, 11) is 0. The summed E-state index contributed by atoms with van der Waals surface area (Å²) in [4.78, 5) is 2.37. The highest BCUT2D eigenvalue weighted by atomic mass is 15.3. The Morgan fingerprint density at radius 1 is 1.00 bits per heavy atom. The summed E-state index contributed by atoms with van der Waals surface area (Å²) in [5, 5.41) is 7.32. The van der Waals surface area contributed by atoms with Gasteiger partial charge >= 0.3 is 0 Å². The largest absolute Gasteiger partial charge is 0.373 e. The van der Waals surface area contributed by atoms with Gasteiger partial charge in [0.1, 0.15) is 6.17 Å². The van der Waals surface area contributed by atoms with Crippen molar-refractivity contribution in [3.05, 3.63) is 66.7 Å². The van der Waals surface area contributed by atoms with Crippen molar-refractivity contribution in [3.63, 3.8) is 0 Å². The van der Waals surface area contributed by atoms with Gasteiger partial charge in [-0.2, -0.15) is 0 Å². The van der Waals surface area contributed by atoms with Crippen LogP contribution < -0.4 is 15.5 Å². The number of nitrogens with zero attached hydrogens (tertiary/aromatic N) is 1. The molecule has 0 radical (unpaired) electrons. The second-order valence-electron chi connectivity index (χ2n) is 5.26. The Bertz CT molecular complexity index is 665. The van der Waals surface area contributed by atoms with Crippen molar-refractivity contribution in [2.75, 3.05) is 22.1 Å². The summed E-state index contributed by atoms with van der Waals surface area (Å²) in [5.74, 6) is 0. The summed E-state index contributed by atoms with van der Waals surface area (Å²) >= 11 is 0. The van der Waals surface area contributed by atoms with Crippen molar-refractivity contribution in [3.8, 4) is 0 Å². The molecule has 2 unspecified atom stereocenters. The molecular formula is C17H17N3. The van der Waals surface area contributed by atoms with E-state index in [1.165, 1.54) is 16.9 Å². The average molecular weight is 263 g/mol. The minimum absolute atomic E-state index is 0.236. The molecule has 3 nitrogen and oxygen atoms in total. The maximum Gasteiger partial charge on any atom is 0.124 e. The molecule has 0 bridgehead atoms. The van der Waals surface area contributed by atoms with Crippen LogP contribution in [0, 0.1) is 0 Å². The highest BCUT2D eigenvalue weighted by Crippen LogP contribution is 2.45. The van der Waals surface area contributed by atoms with Gasteiger partial charge in [-0.1, -0.05) is 36.4 Å². The summed E-state index contributed by atoms with van der Waals surface area (Å²) in [6.07, 6.45) is 2.20. The van der Waals surface area contributed by atoms with Crippen LogP contribution in [-0.2, 0) is 0 Å². The molecule has 2 heterocycles. The predicted octanol–water partition coefficient (Wildman–Crippen LogP) is 3.60. The Hall–Kier alpha value is -2.42. The van der Waals surface area contributed by atoms with Gasteiger partial charge < -0.3 is 15.5 Å². The first-order valence-corrected chi connectivity index (χ1v) is 6.97. The molecule has 0 aromatic heterocycles. The second kappa shape index (κ2) is 4.30. The van der Waals surface area contributed by atoms with Crippen molar-refractivity contribution < 1.29 is 0 Å². The summed E-state index contributed by atoms with van der Waals surface area (Å²) in [6.45, 7) is 4.73. The van der Waals surface area contributed by atoms with Gasteiger partial charge in [0, 0.05) is 17.8 Å². The van der Waals surface area contributed by atoms with Gasteiger partial charge in [0.15, 0.2) is 0 Å². The van der Waals surface area contributed by atoms with Crippen molar-refractivity contribution in [1.82, 2.24) is 0 Å². The summed E-state index contributed by atoms with van der Waals surface area (Å²) in [6, 6.07) is 17.2. The van der Waals surface area contributed by atoms with Gasteiger partial charge in [-0.3, -0.25) is 0 Å². The number of anilines is 3. The smallest absolute Gasteiger partial charge is 0.124 e. The molecule has 0 saturated heterocycles. The SMILES string of the molecule is C=CCN1c2ccccc2C2Nc3ccccc3NC21. The molecule has 2 aromatic carbocycles. The van der Waals surface area contributed by atoms with E-state index in [1.54, 1.807) is 0 Å². The number of hydrogen-bond acceptors (Lipinski definition) is 3. The van der Waals surface area contributed by atoms with E-state index in [2.05, 4.69) is 70.6 Å². The molecule has 2 atom stereocenters. The molecule has 0 aliphatic carbocycles. The molecule has 4 rings (SSSR count). The van der Waals surface area contributed by atoms with Gasteiger partial charge in [-0.05, 0) is 18.2 Å². The van der Waals surface area contributed by atoms with Crippen LogP contribution in [0.25, 0.3) is 0 Å². The van der Waals surface area contributed by atoms with Crippen molar-refractivity contribution in [2.24, 2.45) is 0 Å². The molecule has 0 amide bonds. The zero-order chi connectivity index (χ0) is 13.5. The Morgan fingerprint density at radius 2 is 1.70 bits per heavy atom. The van der Waals surface area contributed by atoms with Crippen LogP contribution in [0.15, 0.2) is 61.2 Å². The number of fused-ring (bicyclic) bond motifs is 4. The molecular weight excluding hydrogens is 246 g/mol. The maximum absolute atomic E-state index is 3.89. The lowest BCUT2D eigenvalue weighted by atomic mass is 10.0. The van der Waals surface area contributed by atoms with Crippen LogP contribution in [0.5, 0.6) is 0 Å². The molecule has 100 valence electrons. The van der Waals surface area contributed by atoms with Gasteiger partial charge in [0.25, 0.3) is 0 Å². The van der Waals surface area contributed by atoms with Crippen molar-refractivity contribution >= 4 is 17.1 Å². The molecule has 2 N–H and O–H groups in total. The fraction of sp³-hybridized carbons (Fsp3) is 0.176. The highest BCUT2D eigenvalue weighted by molar-refractivity contribution is 5.77. The zero-order valence-corrected chi connectivity index (χ0v) is 11.2. The van der Waals surface area contributed by atoms with Crippen molar-refractivity contribution in [2.45, 2.75) is 12.2 Å². The van der Waals surface area contributed by atoms with Crippen LogP contribution in [0.1, 0.15) is 11.6 Å². The van der Waals surface area contributed by atoms with Crippen LogP contribution in [-0.4, -0.2) is 12.7 Å². The van der Waals surface area contributed by atoms with Gasteiger partial charge in [0.2, 0.25) is 0 Å². The fourth-order valence-corrected chi connectivity index (χ4v) is 3.24. The topological polar surface area (TPSA) is 27.3 Å². The molecule has 2 aliphatic rings. The summed E-state index contributed by atoms with van der Waals surface area (Å²) < 4.78 is 0. The van der Waals surface area contributed by atoms with E-state index in [-0.39, 0.29) is 12.2 Å². The third-order valence-electron chi connectivity index (χ3n) is 4.10. The Kier molecular flexibility index (Phi) is 2.46. The lowest BCUT2D eigenvalue weighted by Gasteiger charge is -2.36. The van der Waals surface area contributed by atoms with Crippen LogP contribution in [0.4, 0.5) is 17.1 Å². The lowest BCUT2D eigenvalue weighted by Crippen LogP contribution is -2.45. The minimum Gasteiger partial charge on any atom is -0.373 e. The Balaban J connectivity index is 1.81. The van der Waals surface area contributed by atoms with Crippen LogP contribution in [0.3, 0.4) is 0 Å². The number of para-hydroxylation sites is 3. The van der Waals surface area contributed by atoms with E-state index in [0.717, 1.165) is 12.2 Å². The fourth-order valence-electron chi connectivity index (χ4n) is 3.24. The highest BCUT2D eigenvalue weighted by Gasteiger charge is 2.40. The first-order chi connectivity index (χ1) is 9.88. The first kappa shape index (κ1) is 11.4. The molecule has 2 aliphatic heterocycles. The zero-order valence-electron chi connectivity index (χ0n) is 11.2. The molecule has 20 heavy (non-hydrogen) atoms. The monoisotopic (exact) mass is 263 g/mol. The summed E-state index contributed by atoms with van der Waals surface area (Å²) in [5.41, 5.74) is 4.97. The van der Waals surface area contributed by atoms with Gasteiger partial charge in [-0.15, -0.1) is 6.58 Å². The normalized spacial score (nSPS) is 22.1. The molecule has 3 heteroatoms. The standard InChI is InChI=1S/C17H17N3/c1-2-11-20-15-10-6-3-7-12(15)16-17(20)19-14-9-5-4-8-13(14)18-16/h2-10,16-19H,1,11H2. The number of rotatable bonds is 2. The Morgan fingerprint density at radius 3 is 2.50 bits per heavy atom. The number of hydrogen-bond donors (Lipinski definition) is 2. The Labute approximate surface area is 118 Å². The molecule has 2 aromatic rings. The van der Waals surface area contributed by atoms with E-state index in [4.69, 9.17) is 0 Å². The lowest BCUT2D eigenvalue weighted by molar-refractivity contribution is 0.623. The van der Waals surface area contributed by atoms with E-state index in [9.17, 15) is 0 Å². The van der Waals surface area contributed by atoms with Crippen LogP contribution in [0.2, 0.25) is 0 Å². The molecule has 0 spiro atoms. The first-order valence-electron chi connectivity index (χ1n) is 6.97. The number of nitrogens with one attached hydrogen (secondary N) is 2. The number of benzene rings is 2. The average Bonchev–Trinajstić information content (AvgIpc) is 2.80. The predicted molar refractivity (Wildman–Crippen MR) is 84.2 cm³/mol. The molecule has 0 saturated carbocycles.